The number of fused-ring (bicyclic) bond motifs is 1. The highest BCUT2D eigenvalue weighted by Gasteiger charge is 2.13. The summed E-state index contributed by atoms with van der Waals surface area (Å²) in [6, 6.07) is 10.8. The molecule has 6 nitrogen and oxygen atoms in total. The van der Waals surface area contributed by atoms with Gasteiger partial charge in [-0.2, -0.15) is 16.8 Å². The van der Waals surface area contributed by atoms with Crippen LogP contribution < -0.4 is 4.80 Å². The molecule has 0 N–H and O–H groups in total. The molecule has 0 saturated heterocycles. The molecule has 146 valence electrons. The van der Waals surface area contributed by atoms with Crippen molar-refractivity contribution in [2.24, 2.45) is 4.99 Å². The molecule has 0 radical (unpaired) electrons. The van der Waals surface area contributed by atoms with E-state index in [0.717, 1.165) is 32.7 Å². The molecule has 0 fully saturated rings. The molecule has 3 aromatic rings. The molecular weight excluding hydrogens is 394 g/mol. The van der Waals surface area contributed by atoms with Gasteiger partial charge in [0.2, 0.25) is 0 Å². The van der Waals surface area contributed by atoms with Crippen molar-refractivity contribution >= 4 is 44.9 Å². The fraction of sp³-hybridized carbons (Fsp3) is 0.300. The highest BCUT2D eigenvalue weighted by Crippen LogP contribution is 2.23. The molecule has 1 heterocycles. The number of nitro groups is 1. The zero-order valence-electron chi connectivity index (χ0n) is 16.0. The highest BCUT2D eigenvalue weighted by atomic mass is 32.2. The van der Waals surface area contributed by atoms with E-state index < -0.39 is 4.92 Å². The fourth-order valence-electron chi connectivity index (χ4n) is 3.01. The molecule has 0 saturated carbocycles. The molecule has 0 bridgehead atoms. The van der Waals surface area contributed by atoms with Gasteiger partial charge in [-0.3, -0.25) is 14.9 Å². The molecule has 0 aliphatic carbocycles. The number of hydrogen-bond acceptors (Lipinski definition) is 5. The van der Waals surface area contributed by atoms with Crippen molar-refractivity contribution in [3.05, 3.63) is 68.0 Å². The smallest absolute Gasteiger partial charge is 0.270 e. The molecule has 0 spiro atoms. The summed E-state index contributed by atoms with van der Waals surface area (Å²) in [7, 11) is 0. The Bertz CT molecular complexity index is 1120. The fourth-order valence-corrected chi connectivity index (χ4v) is 4.48. The Labute approximate surface area is 171 Å². The molecular formula is C20H21N3O3S2. The maximum absolute atomic E-state index is 12.6. The summed E-state index contributed by atoms with van der Waals surface area (Å²) in [5, 5.41) is 11.1. The summed E-state index contributed by atoms with van der Waals surface area (Å²) in [5.74, 6) is 0.646. The normalized spacial score (nSPS) is 11.9. The first-order valence-corrected chi connectivity index (χ1v) is 11.0. The Kier molecular flexibility index (Phi) is 6.31. The summed E-state index contributed by atoms with van der Waals surface area (Å²) in [6.07, 6.45) is 2.26. The first-order chi connectivity index (χ1) is 13.4. The lowest BCUT2D eigenvalue weighted by Gasteiger charge is -2.05. The standard InChI is InChI=1S/C20H21N3O3S2/c1-13-4-5-15(14(2)10-13)11-19(24)21-20-22(8-9-27-3)17-7-6-16(23(25)26)12-18(17)28-20/h4-7,10,12H,8-9,11H2,1-3H3. The van der Waals surface area contributed by atoms with E-state index in [9.17, 15) is 14.9 Å². The van der Waals surface area contributed by atoms with Gasteiger partial charge in [-0.15, -0.1) is 0 Å². The van der Waals surface area contributed by atoms with E-state index in [-0.39, 0.29) is 18.0 Å². The van der Waals surface area contributed by atoms with Crippen LogP contribution in [0.25, 0.3) is 10.2 Å². The second-order valence-corrected chi connectivity index (χ2v) is 8.55. The maximum Gasteiger partial charge on any atom is 0.270 e. The molecule has 28 heavy (non-hydrogen) atoms. The van der Waals surface area contributed by atoms with Crippen LogP contribution in [0.4, 0.5) is 5.69 Å². The van der Waals surface area contributed by atoms with Crippen molar-refractivity contribution in [2.75, 3.05) is 12.0 Å². The number of nitro benzene ring substituents is 1. The van der Waals surface area contributed by atoms with Crippen LogP contribution in [0, 0.1) is 24.0 Å². The zero-order chi connectivity index (χ0) is 20.3. The van der Waals surface area contributed by atoms with Crippen molar-refractivity contribution in [2.45, 2.75) is 26.8 Å². The number of carbonyl (C=O) groups is 1. The lowest BCUT2D eigenvalue weighted by atomic mass is 10.0. The van der Waals surface area contributed by atoms with Crippen molar-refractivity contribution in [1.29, 1.82) is 0 Å². The Morgan fingerprint density at radius 1 is 1.25 bits per heavy atom. The minimum atomic E-state index is -0.409. The Hall–Kier alpha value is -2.45. The van der Waals surface area contributed by atoms with Gasteiger partial charge in [-0.25, -0.2) is 0 Å². The lowest BCUT2D eigenvalue weighted by Crippen LogP contribution is -2.18. The predicted octanol–water partition coefficient (Wildman–Crippen LogP) is 4.26. The Balaban J connectivity index is 2.01. The average Bonchev–Trinajstić information content (AvgIpc) is 2.98. The van der Waals surface area contributed by atoms with Crippen molar-refractivity contribution in [3.8, 4) is 0 Å². The number of aromatic nitrogens is 1. The van der Waals surface area contributed by atoms with Crippen LogP contribution in [-0.4, -0.2) is 27.4 Å². The summed E-state index contributed by atoms with van der Waals surface area (Å²) >= 11 is 3.01. The number of thiazole rings is 1. The van der Waals surface area contributed by atoms with Crippen LogP contribution in [0.2, 0.25) is 0 Å². The van der Waals surface area contributed by atoms with Crippen LogP contribution in [0.1, 0.15) is 16.7 Å². The number of amides is 1. The predicted molar refractivity (Wildman–Crippen MR) is 115 cm³/mol. The number of rotatable bonds is 6. The van der Waals surface area contributed by atoms with Gasteiger partial charge in [0.05, 0.1) is 21.6 Å². The average molecular weight is 416 g/mol. The van der Waals surface area contributed by atoms with E-state index in [4.69, 9.17) is 0 Å². The monoisotopic (exact) mass is 415 g/mol. The lowest BCUT2D eigenvalue weighted by molar-refractivity contribution is -0.384. The molecule has 3 rings (SSSR count). The molecule has 0 aliphatic rings. The first-order valence-electron chi connectivity index (χ1n) is 8.79. The van der Waals surface area contributed by atoms with Crippen molar-refractivity contribution in [1.82, 2.24) is 4.57 Å². The number of thioether (sulfide) groups is 1. The second-order valence-electron chi connectivity index (χ2n) is 6.55. The van der Waals surface area contributed by atoms with Gasteiger partial charge in [0.15, 0.2) is 4.80 Å². The first kappa shape index (κ1) is 20.3. The number of non-ortho nitro benzene ring substituents is 1. The topological polar surface area (TPSA) is 77.5 Å². The number of aryl methyl sites for hydroxylation is 3. The Morgan fingerprint density at radius 2 is 2.04 bits per heavy atom. The minimum Gasteiger partial charge on any atom is -0.316 e. The third-order valence-corrected chi connectivity index (χ3v) is 6.09. The Morgan fingerprint density at radius 3 is 2.71 bits per heavy atom. The molecule has 0 unspecified atom stereocenters. The van der Waals surface area contributed by atoms with Crippen LogP contribution in [0.3, 0.4) is 0 Å². The van der Waals surface area contributed by atoms with Gasteiger partial charge in [-0.05, 0) is 37.3 Å². The van der Waals surface area contributed by atoms with E-state index in [0.29, 0.717) is 11.3 Å². The minimum absolute atomic E-state index is 0.0407. The van der Waals surface area contributed by atoms with Gasteiger partial charge >= 0.3 is 0 Å². The van der Waals surface area contributed by atoms with Crippen molar-refractivity contribution in [3.63, 3.8) is 0 Å². The number of carbonyl (C=O) groups excluding carboxylic acids is 1. The molecule has 8 heteroatoms. The molecule has 0 atom stereocenters. The van der Waals surface area contributed by atoms with Gasteiger partial charge < -0.3 is 4.57 Å². The summed E-state index contributed by atoms with van der Waals surface area (Å²) in [4.78, 5) is 28.2. The number of nitrogens with zero attached hydrogens (tertiary/aromatic N) is 3. The quantitative estimate of drug-likeness (QED) is 0.445. The summed E-state index contributed by atoms with van der Waals surface area (Å²) in [6.45, 7) is 4.70. The van der Waals surface area contributed by atoms with Gasteiger partial charge in [0, 0.05) is 24.4 Å². The number of hydrogen-bond donors (Lipinski definition) is 0. The van der Waals surface area contributed by atoms with Gasteiger partial charge in [0.1, 0.15) is 0 Å². The van der Waals surface area contributed by atoms with Crippen molar-refractivity contribution < 1.29 is 9.72 Å². The van der Waals surface area contributed by atoms with E-state index in [1.807, 2.05) is 36.8 Å². The molecule has 1 amide bonds. The van der Waals surface area contributed by atoms with E-state index in [2.05, 4.69) is 11.1 Å². The largest absolute Gasteiger partial charge is 0.316 e. The molecule has 0 aliphatic heterocycles. The summed E-state index contributed by atoms with van der Waals surface area (Å²) < 4.78 is 2.73. The summed E-state index contributed by atoms with van der Waals surface area (Å²) in [5.41, 5.74) is 4.10. The molecule has 1 aromatic heterocycles. The van der Waals surface area contributed by atoms with Crippen LogP contribution in [-0.2, 0) is 17.8 Å². The number of benzene rings is 2. The van der Waals surface area contributed by atoms with Crippen LogP contribution >= 0.6 is 23.1 Å². The SMILES string of the molecule is CSCCn1c(=NC(=O)Cc2ccc(C)cc2C)sc2cc([N+](=O)[O-])ccc21. The third kappa shape index (κ3) is 4.51. The van der Waals surface area contributed by atoms with E-state index in [1.165, 1.54) is 17.4 Å². The van der Waals surface area contributed by atoms with Gasteiger partial charge in [0.25, 0.3) is 11.6 Å². The third-order valence-electron chi connectivity index (χ3n) is 4.46. The molecule has 2 aromatic carbocycles. The van der Waals surface area contributed by atoms with Crippen LogP contribution in [0.5, 0.6) is 0 Å². The highest BCUT2D eigenvalue weighted by molar-refractivity contribution is 7.98. The van der Waals surface area contributed by atoms with Crippen LogP contribution in [0.15, 0.2) is 41.4 Å². The zero-order valence-corrected chi connectivity index (χ0v) is 17.6. The van der Waals surface area contributed by atoms with Gasteiger partial charge in [-0.1, -0.05) is 35.1 Å². The van der Waals surface area contributed by atoms with E-state index >= 15 is 0 Å². The van der Waals surface area contributed by atoms with E-state index in [1.54, 1.807) is 23.9 Å². The second kappa shape index (κ2) is 8.70. The maximum atomic E-state index is 12.6.